The fourth-order valence-electron chi connectivity index (χ4n) is 3.05. The lowest BCUT2D eigenvalue weighted by Gasteiger charge is -2.19. The van der Waals surface area contributed by atoms with Gasteiger partial charge in [-0.1, -0.05) is 12.1 Å². The lowest BCUT2D eigenvalue weighted by molar-refractivity contribution is 0.687. The number of aryl methyl sites for hydroxylation is 3. The lowest BCUT2D eigenvalue weighted by Crippen LogP contribution is -2.24. The largest absolute Gasteiger partial charge is 0.370 e. The summed E-state index contributed by atoms with van der Waals surface area (Å²) >= 11 is 0. The minimum absolute atomic E-state index is 0.456. The van der Waals surface area contributed by atoms with E-state index in [1.807, 2.05) is 24.7 Å². The number of fused-ring (bicyclic) bond motifs is 1. The van der Waals surface area contributed by atoms with Crippen LogP contribution in [0.1, 0.15) is 35.4 Å². The van der Waals surface area contributed by atoms with Crippen molar-refractivity contribution < 1.29 is 0 Å². The molecule has 3 rings (SSSR count). The minimum Gasteiger partial charge on any atom is -0.370 e. The van der Waals surface area contributed by atoms with Crippen molar-refractivity contribution >= 4 is 11.6 Å². The van der Waals surface area contributed by atoms with E-state index in [4.69, 9.17) is 5.73 Å². The van der Waals surface area contributed by atoms with Gasteiger partial charge in [0.05, 0.1) is 17.9 Å². The van der Waals surface area contributed by atoms with Gasteiger partial charge >= 0.3 is 0 Å². The summed E-state index contributed by atoms with van der Waals surface area (Å²) in [4.78, 5) is 4.44. The zero-order valence-electron chi connectivity index (χ0n) is 13.3. The third-order valence-electron chi connectivity index (χ3n) is 4.17. The molecule has 0 spiro atoms. The minimum atomic E-state index is 0.456. The molecule has 2 aromatic rings. The highest BCUT2D eigenvalue weighted by molar-refractivity contribution is 5.93. The van der Waals surface area contributed by atoms with Crippen molar-refractivity contribution in [2.75, 3.05) is 5.32 Å². The van der Waals surface area contributed by atoms with E-state index < -0.39 is 0 Å². The highest BCUT2D eigenvalue weighted by atomic mass is 15.3. The Morgan fingerprint density at radius 1 is 1.36 bits per heavy atom. The number of anilines is 1. The summed E-state index contributed by atoms with van der Waals surface area (Å²) in [6.45, 7) is 2.51. The van der Waals surface area contributed by atoms with E-state index in [1.165, 1.54) is 24.0 Å². The molecule has 5 heteroatoms. The number of nitrogens with one attached hydrogen (secondary N) is 1. The molecule has 0 fully saturated rings. The summed E-state index contributed by atoms with van der Waals surface area (Å²) in [7, 11) is 1.93. The van der Waals surface area contributed by atoms with Gasteiger partial charge in [-0.15, -0.1) is 0 Å². The Labute approximate surface area is 131 Å². The molecule has 1 heterocycles. The Hall–Kier alpha value is -2.30. The van der Waals surface area contributed by atoms with Gasteiger partial charge in [-0.05, 0) is 55.9 Å². The van der Waals surface area contributed by atoms with E-state index in [-0.39, 0.29) is 0 Å². The average molecular weight is 297 g/mol. The Balaban J connectivity index is 1.73. The van der Waals surface area contributed by atoms with Crippen molar-refractivity contribution in [3.63, 3.8) is 0 Å². The number of aromatic nitrogens is 2. The van der Waals surface area contributed by atoms with Crippen LogP contribution in [0.4, 0.5) is 5.69 Å². The molecule has 0 bridgehead atoms. The number of hydrogen-bond acceptors (Lipinski definition) is 2. The molecule has 0 atom stereocenters. The maximum atomic E-state index is 6.05. The molecule has 22 heavy (non-hydrogen) atoms. The monoisotopic (exact) mass is 297 g/mol. The molecule has 1 aromatic carbocycles. The summed E-state index contributed by atoms with van der Waals surface area (Å²) in [6, 6.07) is 8.41. The van der Waals surface area contributed by atoms with Crippen LogP contribution in [0.2, 0.25) is 0 Å². The molecule has 0 saturated heterocycles. The maximum Gasteiger partial charge on any atom is 0.193 e. The molecule has 3 N–H and O–H groups in total. The first-order chi connectivity index (χ1) is 10.6. The van der Waals surface area contributed by atoms with Gasteiger partial charge in [0, 0.05) is 12.7 Å². The second-order valence-electron chi connectivity index (χ2n) is 5.88. The van der Waals surface area contributed by atoms with E-state index in [1.54, 1.807) is 0 Å². The summed E-state index contributed by atoms with van der Waals surface area (Å²) in [6.07, 6.45) is 4.81. The smallest absolute Gasteiger partial charge is 0.193 e. The molecule has 0 amide bonds. The van der Waals surface area contributed by atoms with Crippen molar-refractivity contribution in [2.45, 2.75) is 39.2 Å². The van der Waals surface area contributed by atoms with Crippen LogP contribution < -0.4 is 11.1 Å². The number of benzene rings is 1. The van der Waals surface area contributed by atoms with Crippen molar-refractivity contribution in [1.29, 1.82) is 0 Å². The molecule has 0 saturated carbocycles. The number of rotatable bonds is 3. The first-order valence-corrected chi connectivity index (χ1v) is 7.80. The third kappa shape index (κ3) is 3.13. The number of nitrogens with zero attached hydrogens (tertiary/aromatic N) is 3. The van der Waals surface area contributed by atoms with Crippen molar-refractivity contribution in [1.82, 2.24) is 9.78 Å². The third-order valence-corrected chi connectivity index (χ3v) is 4.17. The van der Waals surface area contributed by atoms with E-state index in [0.29, 0.717) is 12.5 Å². The molecular weight excluding hydrogens is 274 g/mol. The number of aliphatic imine (C=N–C) groups is 1. The van der Waals surface area contributed by atoms with Crippen LogP contribution in [0.3, 0.4) is 0 Å². The fourth-order valence-corrected chi connectivity index (χ4v) is 3.05. The van der Waals surface area contributed by atoms with Gasteiger partial charge in [0.15, 0.2) is 5.96 Å². The highest BCUT2D eigenvalue weighted by Gasteiger charge is 2.13. The summed E-state index contributed by atoms with van der Waals surface area (Å²) in [5.74, 6) is 0.456. The second-order valence-corrected chi connectivity index (χ2v) is 5.88. The van der Waals surface area contributed by atoms with Crippen LogP contribution in [-0.4, -0.2) is 15.7 Å². The summed E-state index contributed by atoms with van der Waals surface area (Å²) in [5.41, 5.74) is 12.0. The molecule has 5 nitrogen and oxygen atoms in total. The van der Waals surface area contributed by atoms with Gasteiger partial charge < -0.3 is 11.1 Å². The normalized spacial score (nSPS) is 14.7. The van der Waals surface area contributed by atoms with Gasteiger partial charge in [0.1, 0.15) is 0 Å². The van der Waals surface area contributed by atoms with Crippen molar-refractivity contribution in [3.05, 3.63) is 46.8 Å². The average Bonchev–Trinajstić information content (AvgIpc) is 2.83. The molecule has 1 aliphatic rings. The quantitative estimate of drug-likeness (QED) is 0.675. The summed E-state index contributed by atoms with van der Waals surface area (Å²) in [5, 5.41) is 7.58. The van der Waals surface area contributed by atoms with Crippen molar-refractivity contribution in [3.8, 4) is 0 Å². The van der Waals surface area contributed by atoms with Crippen LogP contribution in [0.15, 0.2) is 29.3 Å². The second kappa shape index (κ2) is 6.22. The topological polar surface area (TPSA) is 68.2 Å². The summed E-state index contributed by atoms with van der Waals surface area (Å²) < 4.78 is 1.84. The van der Waals surface area contributed by atoms with Crippen LogP contribution in [0.25, 0.3) is 0 Å². The SMILES string of the molecule is Cc1cc(CN=C(N)Nc2cccc3c2CCCC3)n(C)n1. The molecule has 1 aliphatic carbocycles. The zero-order chi connectivity index (χ0) is 15.5. The van der Waals surface area contributed by atoms with E-state index in [9.17, 15) is 0 Å². The maximum absolute atomic E-state index is 6.05. The van der Waals surface area contributed by atoms with Crippen LogP contribution in [-0.2, 0) is 26.4 Å². The van der Waals surface area contributed by atoms with Gasteiger partial charge in [0.25, 0.3) is 0 Å². The molecular formula is C17H23N5. The van der Waals surface area contributed by atoms with Gasteiger partial charge in [-0.2, -0.15) is 5.10 Å². The van der Waals surface area contributed by atoms with E-state index in [2.05, 4.69) is 33.6 Å². The molecule has 116 valence electrons. The number of nitrogens with two attached hydrogens (primary N) is 1. The predicted molar refractivity (Wildman–Crippen MR) is 90.0 cm³/mol. The van der Waals surface area contributed by atoms with Gasteiger partial charge in [0.2, 0.25) is 0 Å². The standard InChI is InChI=1S/C17H23N5/c1-12-10-14(22(2)21-12)11-19-17(18)20-16-9-5-7-13-6-3-4-8-15(13)16/h5,7,9-10H,3-4,6,8,11H2,1-2H3,(H3,18,19,20). The van der Waals surface area contributed by atoms with Gasteiger partial charge in [-0.3, -0.25) is 4.68 Å². The lowest BCUT2D eigenvalue weighted by atomic mass is 9.90. The first kappa shape index (κ1) is 14.6. The number of hydrogen-bond donors (Lipinski definition) is 2. The van der Waals surface area contributed by atoms with Crippen LogP contribution in [0.5, 0.6) is 0 Å². The predicted octanol–water partition coefficient (Wildman–Crippen LogP) is 2.53. The molecule has 0 radical (unpaired) electrons. The highest BCUT2D eigenvalue weighted by Crippen LogP contribution is 2.27. The first-order valence-electron chi connectivity index (χ1n) is 7.80. The Morgan fingerprint density at radius 3 is 2.95 bits per heavy atom. The van der Waals surface area contributed by atoms with Crippen molar-refractivity contribution in [2.24, 2.45) is 17.8 Å². The van der Waals surface area contributed by atoms with Crippen LogP contribution in [0, 0.1) is 6.92 Å². The van der Waals surface area contributed by atoms with Gasteiger partial charge in [-0.25, -0.2) is 4.99 Å². The Bertz CT molecular complexity index is 699. The molecule has 1 aromatic heterocycles. The zero-order valence-corrected chi connectivity index (χ0v) is 13.3. The number of guanidine groups is 1. The Morgan fingerprint density at radius 2 is 2.18 bits per heavy atom. The van der Waals surface area contributed by atoms with Crippen LogP contribution >= 0.6 is 0 Å². The Kier molecular flexibility index (Phi) is 4.13. The molecule has 0 aliphatic heterocycles. The van der Waals surface area contributed by atoms with E-state index in [0.717, 1.165) is 29.9 Å². The molecule has 0 unspecified atom stereocenters. The van der Waals surface area contributed by atoms with E-state index >= 15 is 0 Å². The fraction of sp³-hybridized carbons (Fsp3) is 0.412.